The van der Waals surface area contributed by atoms with Crippen LogP contribution in [0.1, 0.15) is 0 Å². The Hall–Kier alpha value is -6.28. The SMILES string of the molecule is c1ccc(-c2cc(-c3ccccc3)cc(-c3cccc(-c4cccc(-c5ccc6ccc7ccc8c9ccccc9sc8c7c6c5)c4)c3)c2)cc1. The molecule has 0 aliphatic rings. The van der Waals surface area contributed by atoms with Crippen molar-refractivity contribution in [3.63, 3.8) is 0 Å². The summed E-state index contributed by atoms with van der Waals surface area (Å²) in [4.78, 5) is 0. The van der Waals surface area contributed by atoms with Gasteiger partial charge in [-0.05, 0) is 114 Å². The first-order chi connectivity index (χ1) is 25.2. The summed E-state index contributed by atoms with van der Waals surface area (Å²) in [6, 6.07) is 71.2. The molecule has 0 aliphatic heterocycles. The van der Waals surface area contributed by atoms with Crippen molar-refractivity contribution in [1.29, 1.82) is 0 Å². The average Bonchev–Trinajstić information content (AvgIpc) is 3.60. The quantitative estimate of drug-likeness (QED) is 0.161. The summed E-state index contributed by atoms with van der Waals surface area (Å²) < 4.78 is 2.71. The molecular weight excluding hydrogens is 633 g/mol. The Labute approximate surface area is 301 Å². The highest BCUT2D eigenvalue weighted by atomic mass is 32.1. The van der Waals surface area contributed by atoms with E-state index in [0.717, 1.165) is 0 Å². The minimum Gasteiger partial charge on any atom is -0.135 e. The maximum Gasteiger partial charge on any atom is 0.0440 e. The highest BCUT2D eigenvalue weighted by molar-refractivity contribution is 7.26. The van der Waals surface area contributed by atoms with Crippen molar-refractivity contribution in [2.24, 2.45) is 0 Å². The summed E-state index contributed by atoms with van der Waals surface area (Å²) in [5, 5.41) is 7.90. The molecule has 10 rings (SSSR count). The van der Waals surface area contributed by atoms with Gasteiger partial charge in [-0.2, -0.15) is 0 Å². The molecule has 0 atom stereocenters. The smallest absolute Gasteiger partial charge is 0.0440 e. The minimum atomic E-state index is 1.21. The van der Waals surface area contributed by atoms with E-state index in [-0.39, 0.29) is 0 Å². The summed E-state index contributed by atoms with van der Waals surface area (Å²) in [6.07, 6.45) is 0. The molecule has 1 heterocycles. The first-order valence-corrected chi connectivity index (χ1v) is 18.3. The topological polar surface area (TPSA) is 0 Å². The van der Waals surface area contributed by atoms with Gasteiger partial charge in [0.2, 0.25) is 0 Å². The fourth-order valence-corrected chi connectivity index (χ4v) is 8.92. The van der Waals surface area contributed by atoms with E-state index in [1.54, 1.807) is 0 Å². The van der Waals surface area contributed by atoms with Gasteiger partial charge in [-0.1, -0.05) is 152 Å². The van der Waals surface area contributed by atoms with Crippen molar-refractivity contribution in [2.45, 2.75) is 0 Å². The average molecular weight is 665 g/mol. The van der Waals surface area contributed by atoms with Gasteiger partial charge in [0.25, 0.3) is 0 Å². The highest BCUT2D eigenvalue weighted by Gasteiger charge is 2.13. The fraction of sp³-hybridized carbons (Fsp3) is 0. The third kappa shape index (κ3) is 5.31. The van der Waals surface area contributed by atoms with Gasteiger partial charge in [-0.15, -0.1) is 11.3 Å². The third-order valence-corrected chi connectivity index (χ3v) is 11.4. The van der Waals surface area contributed by atoms with E-state index in [9.17, 15) is 0 Å². The molecule has 0 unspecified atom stereocenters. The van der Waals surface area contributed by atoms with Crippen molar-refractivity contribution in [3.05, 3.63) is 194 Å². The molecule has 10 aromatic rings. The van der Waals surface area contributed by atoms with Crippen LogP contribution in [0.3, 0.4) is 0 Å². The Morgan fingerprint density at radius 2 is 0.706 bits per heavy atom. The van der Waals surface area contributed by atoms with E-state index in [2.05, 4.69) is 194 Å². The Kier molecular flexibility index (Phi) is 7.11. The highest BCUT2D eigenvalue weighted by Crippen LogP contribution is 2.42. The van der Waals surface area contributed by atoms with Crippen molar-refractivity contribution in [3.8, 4) is 55.6 Å². The van der Waals surface area contributed by atoms with Crippen molar-refractivity contribution in [1.82, 2.24) is 0 Å². The summed E-state index contributed by atoms with van der Waals surface area (Å²) >= 11 is 1.91. The van der Waals surface area contributed by atoms with Gasteiger partial charge in [0.1, 0.15) is 0 Å². The molecule has 0 spiro atoms. The summed E-state index contributed by atoms with van der Waals surface area (Å²) in [6.45, 7) is 0. The number of fused-ring (bicyclic) bond motifs is 7. The van der Waals surface area contributed by atoms with Gasteiger partial charge >= 0.3 is 0 Å². The lowest BCUT2D eigenvalue weighted by Gasteiger charge is -2.13. The molecule has 0 nitrogen and oxygen atoms in total. The van der Waals surface area contributed by atoms with Gasteiger partial charge in [0.15, 0.2) is 0 Å². The van der Waals surface area contributed by atoms with Crippen LogP contribution < -0.4 is 0 Å². The standard InChI is InChI=1S/C50H32S/c1-3-11-33(12-4-1)42-29-43(34-13-5-2-6-14-34)31-44(30-42)40-18-10-16-38(28-40)37-15-9-17-39(27-37)41-24-22-35-21-23-36-25-26-46-45-19-7-8-20-48(45)51-50(46)49(36)47(35)32-41/h1-32H. The molecule has 0 fully saturated rings. The van der Waals surface area contributed by atoms with Gasteiger partial charge in [-0.25, -0.2) is 0 Å². The number of thiophene rings is 1. The Bertz CT molecular complexity index is 2840. The zero-order valence-electron chi connectivity index (χ0n) is 27.9. The van der Waals surface area contributed by atoms with Gasteiger partial charge in [0.05, 0.1) is 0 Å². The van der Waals surface area contributed by atoms with Crippen molar-refractivity contribution in [2.75, 3.05) is 0 Å². The molecule has 0 saturated carbocycles. The van der Waals surface area contributed by atoms with Crippen LogP contribution in [0.5, 0.6) is 0 Å². The first kappa shape index (κ1) is 29.6. The molecule has 1 aromatic heterocycles. The Balaban J connectivity index is 1.07. The van der Waals surface area contributed by atoms with Crippen LogP contribution in [0.25, 0.3) is 97.4 Å². The van der Waals surface area contributed by atoms with E-state index >= 15 is 0 Å². The van der Waals surface area contributed by atoms with E-state index in [1.165, 1.54) is 97.4 Å². The normalized spacial score (nSPS) is 11.5. The van der Waals surface area contributed by atoms with Crippen LogP contribution >= 0.6 is 11.3 Å². The lowest BCUT2D eigenvalue weighted by Crippen LogP contribution is -1.87. The third-order valence-electron chi connectivity index (χ3n) is 10.2. The molecule has 0 aliphatic carbocycles. The van der Waals surface area contributed by atoms with Crippen LogP contribution in [-0.4, -0.2) is 0 Å². The molecule has 0 N–H and O–H groups in total. The zero-order valence-corrected chi connectivity index (χ0v) is 28.7. The lowest BCUT2D eigenvalue weighted by atomic mass is 9.91. The summed E-state index contributed by atoms with van der Waals surface area (Å²) in [7, 11) is 0. The van der Waals surface area contributed by atoms with E-state index in [0.29, 0.717) is 0 Å². The van der Waals surface area contributed by atoms with Crippen LogP contribution in [-0.2, 0) is 0 Å². The summed E-state index contributed by atoms with van der Waals surface area (Å²) in [5.74, 6) is 0. The molecule has 0 bridgehead atoms. The van der Waals surface area contributed by atoms with Crippen molar-refractivity contribution >= 4 is 53.1 Å². The van der Waals surface area contributed by atoms with Crippen molar-refractivity contribution < 1.29 is 0 Å². The molecule has 51 heavy (non-hydrogen) atoms. The maximum absolute atomic E-state index is 2.40. The largest absolute Gasteiger partial charge is 0.135 e. The molecule has 0 amide bonds. The molecule has 0 saturated heterocycles. The van der Waals surface area contributed by atoms with Gasteiger partial charge in [0, 0.05) is 25.6 Å². The minimum absolute atomic E-state index is 1.21. The maximum atomic E-state index is 2.40. The van der Waals surface area contributed by atoms with E-state index in [4.69, 9.17) is 0 Å². The monoisotopic (exact) mass is 664 g/mol. The second-order valence-electron chi connectivity index (χ2n) is 13.3. The van der Waals surface area contributed by atoms with Gasteiger partial charge < -0.3 is 0 Å². The lowest BCUT2D eigenvalue weighted by molar-refractivity contribution is 1.55. The number of rotatable bonds is 5. The van der Waals surface area contributed by atoms with Crippen LogP contribution in [0, 0.1) is 0 Å². The zero-order chi connectivity index (χ0) is 33.7. The second kappa shape index (κ2) is 12.2. The number of hydrogen-bond donors (Lipinski definition) is 0. The predicted molar refractivity (Wildman–Crippen MR) is 222 cm³/mol. The molecule has 1 heteroatoms. The number of benzene rings is 9. The fourth-order valence-electron chi connectivity index (χ4n) is 7.64. The second-order valence-corrected chi connectivity index (χ2v) is 14.4. The van der Waals surface area contributed by atoms with Crippen LogP contribution in [0.2, 0.25) is 0 Å². The first-order valence-electron chi connectivity index (χ1n) is 17.5. The number of hydrogen-bond acceptors (Lipinski definition) is 1. The van der Waals surface area contributed by atoms with Gasteiger partial charge in [-0.3, -0.25) is 0 Å². The van der Waals surface area contributed by atoms with E-state index in [1.807, 2.05) is 11.3 Å². The van der Waals surface area contributed by atoms with E-state index < -0.39 is 0 Å². The molecule has 238 valence electrons. The molecular formula is C50H32S. The molecule has 0 radical (unpaired) electrons. The Morgan fingerprint density at radius 3 is 1.35 bits per heavy atom. The van der Waals surface area contributed by atoms with Crippen LogP contribution in [0.15, 0.2) is 194 Å². The predicted octanol–water partition coefficient (Wildman–Crippen LogP) is 14.7. The molecule has 9 aromatic carbocycles. The van der Waals surface area contributed by atoms with Crippen LogP contribution in [0.4, 0.5) is 0 Å². The summed E-state index contributed by atoms with van der Waals surface area (Å²) in [5.41, 5.74) is 12.2. The Morgan fingerprint density at radius 1 is 0.255 bits per heavy atom.